The van der Waals surface area contributed by atoms with Crippen molar-refractivity contribution in [3.8, 4) is 0 Å². The molecule has 6 rings (SSSR count). The van der Waals surface area contributed by atoms with Crippen molar-refractivity contribution >= 4 is 38.8 Å². The normalized spacial score (nSPS) is 13.0. The summed E-state index contributed by atoms with van der Waals surface area (Å²) in [4.78, 5) is 22.4. The van der Waals surface area contributed by atoms with Crippen LogP contribution in [0.1, 0.15) is 27.4 Å². The quantitative estimate of drug-likeness (QED) is 0.488. The first-order valence-corrected chi connectivity index (χ1v) is 10.4. The Balaban J connectivity index is 1.44. The summed E-state index contributed by atoms with van der Waals surface area (Å²) >= 11 is 1.60. The number of hydrogen-bond donors (Lipinski definition) is 1. The second-order valence-electron chi connectivity index (χ2n) is 7.41. The zero-order valence-corrected chi connectivity index (χ0v) is 17.0. The molecule has 0 bridgehead atoms. The highest BCUT2D eigenvalue weighted by Crippen LogP contribution is 2.31. The van der Waals surface area contributed by atoms with Crippen LogP contribution in [0.25, 0.3) is 21.3 Å². The van der Waals surface area contributed by atoms with E-state index in [0.717, 1.165) is 37.6 Å². The molecular formula is C21H17N7OS. The molecule has 0 spiro atoms. The number of thiazole rings is 1. The van der Waals surface area contributed by atoms with Gasteiger partial charge in [0.15, 0.2) is 5.65 Å². The van der Waals surface area contributed by atoms with E-state index in [0.29, 0.717) is 25.0 Å². The van der Waals surface area contributed by atoms with Gasteiger partial charge in [-0.1, -0.05) is 18.2 Å². The van der Waals surface area contributed by atoms with Gasteiger partial charge < -0.3 is 4.57 Å². The average Bonchev–Trinajstić information content (AvgIpc) is 3.52. The van der Waals surface area contributed by atoms with Gasteiger partial charge in [0.1, 0.15) is 10.5 Å². The van der Waals surface area contributed by atoms with Crippen LogP contribution in [0.3, 0.4) is 0 Å². The molecule has 0 fully saturated rings. The van der Waals surface area contributed by atoms with Crippen LogP contribution in [0.2, 0.25) is 0 Å². The Morgan fingerprint density at radius 1 is 1.27 bits per heavy atom. The highest BCUT2D eigenvalue weighted by molar-refractivity contribution is 7.19. The number of nitrogens with zero attached hydrogens (tertiary/aromatic N) is 6. The second-order valence-corrected chi connectivity index (χ2v) is 8.49. The third-order valence-electron chi connectivity index (χ3n) is 5.56. The van der Waals surface area contributed by atoms with E-state index < -0.39 is 0 Å². The minimum absolute atomic E-state index is 0.108. The molecule has 0 atom stereocenters. The van der Waals surface area contributed by atoms with Gasteiger partial charge >= 0.3 is 0 Å². The standard InChI is InChI=1S/C21H17N7OS/c1-27-18-16(19-20(27)25-17(30-19)7-14-5-6-23-26-14)10-24-28(21(18)29)11-13-4-2-3-12-8-22-9-15(12)13/h2-6,9-10H,7-8,11H2,1H3,(H,23,26). The lowest BCUT2D eigenvalue weighted by Crippen LogP contribution is -2.25. The maximum absolute atomic E-state index is 13.3. The monoisotopic (exact) mass is 415 g/mol. The number of rotatable bonds is 4. The Kier molecular flexibility index (Phi) is 3.72. The van der Waals surface area contributed by atoms with Gasteiger partial charge in [-0.2, -0.15) is 10.2 Å². The number of aromatic nitrogens is 6. The molecule has 30 heavy (non-hydrogen) atoms. The summed E-state index contributed by atoms with van der Waals surface area (Å²) in [5.41, 5.74) is 5.69. The van der Waals surface area contributed by atoms with Crippen LogP contribution < -0.4 is 5.56 Å². The molecular weight excluding hydrogens is 398 g/mol. The van der Waals surface area contributed by atoms with Crippen LogP contribution in [-0.4, -0.2) is 35.7 Å². The van der Waals surface area contributed by atoms with Crippen LogP contribution in [-0.2, 0) is 26.6 Å². The predicted molar refractivity (Wildman–Crippen MR) is 116 cm³/mol. The van der Waals surface area contributed by atoms with Gasteiger partial charge in [0.05, 0.1) is 24.0 Å². The largest absolute Gasteiger partial charge is 0.323 e. The van der Waals surface area contributed by atoms with E-state index in [1.807, 2.05) is 36.0 Å². The minimum Gasteiger partial charge on any atom is -0.323 e. The molecule has 0 radical (unpaired) electrons. The van der Waals surface area contributed by atoms with Crippen LogP contribution >= 0.6 is 11.3 Å². The maximum atomic E-state index is 13.3. The predicted octanol–water partition coefficient (Wildman–Crippen LogP) is 2.64. The number of H-pyrrole nitrogens is 1. The molecule has 0 saturated heterocycles. The van der Waals surface area contributed by atoms with Crippen molar-refractivity contribution in [1.82, 2.24) is 29.5 Å². The van der Waals surface area contributed by atoms with Gasteiger partial charge in [-0.3, -0.25) is 14.9 Å². The fourth-order valence-corrected chi connectivity index (χ4v) is 5.20. The lowest BCUT2D eigenvalue weighted by Gasteiger charge is -2.09. The van der Waals surface area contributed by atoms with Gasteiger partial charge in [-0.25, -0.2) is 9.67 Å². The smallest absolute Gasteiger partial charge is 0.291 e. The van der Waals surface area contributed by atoms with E-state index in [2.05, 4.69) is 26.4 Å². The van der Waals surface area contributed by atoms with Crippen molar-refractivity contribution in [2.24, 2.45) is 12.0 Å². The Morgan fingerprint density at radius 3 is 3.07 bits per heavy atom. The highest BCUT2D eigenvalue weighted by Gasteiger charge is 2.19. The fraction of sp³-hybridized carbons (Fsp3) is 0.190. The van der Waals surface area contributed by atoms with E-state index in [1.54, 1.807) is 23.7 Å². The first-order chi connectivity index (χ1) is 14.7. The number of hydrogen-bond acceptors (Lipinski definition) is 6. The minimum atomic E-state index is -0.108. The topological polar surface area (TPSA) is 93.8 Å². The van der Waals surface area contributed by atoms with Crippen LogP contribution in [0.5, 0.6) is 0 Å². The molecule has 0 aliphatic carbocycles. The average molecular weight is 415 g/mol. The molecule has 5 aromatic rings. The van der Waals surface area contributed by atoms with Crippen molar-refractivity contribution in [2.45, 2.75) is 19.5 Å². The Labute approximate surface area is 174 Å². The third-order valence-corrected chi connectivity index (χ3v) is 6.64. The number of fused-ring (bicyclic) bond motifs is 4. The zero-order valence-electron chi connectivity index (χ0n) is 16.2. The molecule has 1 aromatic carbocycles. The summed E-state index contributed by atoms with van der Waals surface area (Å²) in [6.45, 7) is 1.12. The van der Waals surface area contributed by atoms with Crippen LogP contribution in [0, 0.1) is 0 Å². The zero-order chi connectivity index (χ0) is 20.2. The van der Waals surface area contributed by atoms with Gasteiger partial charge in [0.2, 0.25) is 0 Å². The van der Waals surface area contributed by atoms with Gasteiger partial charge in [0, 0.05) is 42.5 Å². The third kappa shape index (κ3) is 2.55. The molecule has 0 saturated carbocycles. The number of aromatic amines is 1. The van der Waals surface area contributed by atoms with E-state index in [9.17, 15) is 4.79 Å². The summed E-state index contributed by atoms with van der Waals surface area (Å²) < 4.78 is 4.40. The number of aryl methyl sites for hydroxylation is 1. The molecule has 0 amide bonds. The number of benzene rings is 1. The summed E-state index contributed by atoms with van der Waals surface area (Å²) in [5, 5.41) is 13.3. The highest BCUT2D eigenvalue weighted by atomic mass is 32.1. The summed E-state index contributed by atoms with van der Waals surface area (Å²) in [7, 11) is 1.89. The molecule has 4 aromatic heterocycles. The maximum Gasteiger partial charge on any atom is 0.291 e. The van der Waals surface area contributed by atoms with Gasteiger partial charge in [0.25, 0.3) is 5.56 Å². The second kappa shape index (κ2) is 6.46. The number of aliphatic imine (C=N–C) groups is 1. The number of nitrogens with one attached hydrogen (secondary N) is 1. The molecule has 9 heteroatoms. The van der Waals surface area contributed by atoms with E-state index in [4.69, 9.17) is 4.98 Å². The summed E-state index contributed by atoms with van der Waals surface area (Å²) in [5.74, 6) is 0. The Hall–Kier alpha value is -3.59. The molecule has 8 nitrogen and oxygen atoms in total. The van der Waals surface area contributed by atoms with E-state index in [1.165, 1.54) is 10.2 Å². The molecule has 148 valence electrons. The van der Waals surface area contributed by atoms with Crippen molar-refractivity contribution in [3.05, 3.63) is 74.4 Å². The van der Waals surface area contributed by atoms with E-state index in [-0.39, 0.29) is 5.56 Å². The Morgan fingerprint density at radius 2 is 2.20 bits per heavy atom. The molecule has 0 unspecified atom stereocenters. The molecule has 1 N–H and O–H groups in total. The lowest BCUT2D eigenvalue weighted by atomic mass is 10.0. The first-order valence-electron chi connectivity index (χ1n) is 9.62. The fourth-order valence-electron chi connectivity index (χ4n) is 4.07. The molecule has 5 heterocycles. The summed E-state index contributed by atoms with van der Waals surface area (Å²) in [6, 6.07) is 8.05. The summed E-state index contributed by atoms with van der Waals surface area (Å²) in [6.07, 6.45) is 6.09. The van der Waals surface area contributed by atoms with Gasteiger partial charge in [-0.15, -0.1) is 11.3 Å². The van der Waals surface area contributed by atoms with Crippen LogP contribution in [0.15, 0.2) is 46.4 Å². The molecule has 1 aliphatic heterocycles. The van der Waals surface area contributed by atoms with Crippen molar-refractivity contribution < 1.29 is 0 Å². The van der Waals surface area contributed by atoms with Crippen molar-refractivity contribution in [2.75, 3.05) is 0 Å². The Bertz CT molecular complexity index is 1500. The SMILES string of the molecule is Cn1c2nc(Cc3ccn[nH]3)sc2c2cnn(Cc3cccc4c3C=NC4)c(=O)c21. The van der Waals surface area contributed by atoms with Gasteiger partial charge in [-0.05, 0) is 17.2 Å². The van der Waals surface area contributed by atoms with Crippen molar-refractivity contribution in [3.63, 3.8) is 0 Å². The molecule has 1 aliphatic rings. The van der Waals surface area contributed by atoms with E-state index >= 15 is 0 Å². The lowest BCUT2D eigenvalue weighted by molar-refractivity contribution is 0.643. The van der Waals surface area contributed by atoms with Crippen molar-refractivity contribution in [1.29, 1.82) is 0 Å². The van der Waals surface area contributed by atoms with Crippen LogP contribution in [0.4, 0.5) is 0 Å². The first kappa shape index (κ1) is 17.3.